The fourth-order valence-corrected chi connectivity index (χ4v) is 3.96. The number of rotatable bonds is 5. The number of benzene rings is 2. The van der Waals surface area contributed by atoms with Gasteiger partial charge >= 0.3 is 0 Å². The summed E-state index contributed by atoms with van der Waals surface area (Å²) in [5.41, 5.74) is 4.74. The molecule has 0 atom stereocenters. The molecule has 0 radical (unpaired) electrons. The van der Waals surface area contributed by atoms with Gasteiger partial charge in [0.1, 0.15) is 0 Å². The first-order valence-electron chi connectivity index (χ1n) is 10.3. The molecular weight excluding hydrogens is 378 g/mol. The van der Waals surface area contributed by atoms with E-state index >= 15 is 0 Å². The lowest BCUT2D eigenvalue weighted by atomic mass is 10.1. The Bertz CT molecular complexity index is 1200. The molecule has 1 aliphatic heterocycles. The zero-order valence-corrected chi connectivity index (χ0v) is 16.9. The van der Waals surface area contributed by atoms with E-state index in [4.69, 9.17) is 4.52 Å². The van der Waals surface area contributed by atoms with Gasteiger partial charge in [-0.05, 0) is 50.1 Å². The van der Waals surface area contributed by atoms with Crippen LogP contribution in [0.25, 0.3) is 33.9 Å². The van der Waals surface area contributed by atoms with Crippen molar-refractivity contribution in [3.8, 4) is 22.8 Å². The first kappa shape index (κ1) is 18.5. The molecule has 2 aromatic carbocycles. The summed E-state index contributed by atoms with van der Waals surface area (Å²) in [6, 6.07) is 13.9. The predicted octanol–water partition coefficient (Wildman–Crippen LogP) is 4.07. The summed E-state index contributed by atoms with van der Waals surface area (Å²) in [5.74, 6) is 1.26. The van der Waals surface area contributed by atoms with Gasteiger partial charge in [-0.2, -0.15) is 4.98 Å². The van der Waals surface area contributed by atoms with Crippen LogP contribution in [-0.2, 0) is 11.3 Å². The summed E-state index contributed by atoms with van der Waals surface area (Å²) in [6.07, 6.45) is 4.52. The Hall–Kier alpha value is -3.48. The number of carbonyl (C=O) groups is 1. The van der Waals surface area contributed by atoms with Crippen molar-refractivity contribution in [2.45, 2.75) is 32.7 Å². The van der Waals surface area contributed by atoms with Crippen molar-refractivity contribution < 1.29 is 9.32 Å². The number of amides is 1. The normalized spacial score (nSPS) is 14.0. The topological polar surface area (TPSA) is 77.1 Å². The summed E-state index contributed by atoms with van der Waals surface area (Å²) in [6.45, 7) is 4.44. The van der Waals surface area contributed by atoms with Crippen LogP contribution in [0.4, 0.5) is 0 Å². The SMILES string of the molecule is Cc1cccc(-c2nc(-c3ccc4c(c3)ncn4CCC(=O)N3CCCC3)no2)c1. The first-order chi connectivity index (χ1) is 14.7. The molecule has 0 spiro atoms. The van der Waals surface area contributed by atoms with Gasteiger partial charge in [0.2, 0.25) is 11.7 Å². The van der Waals surface area contributed by atoms with Gasteiger partial charge in [0, 0.05) is 37.2 Å². The molecule has 4 aromatic rings. The van der Waals surface area contributed by atoms with Gasteiger partial charge in [-0.15, -0.1) is 0 Å². The van der Waals surface area contributed by atoms with Gasteiger partial charge in [0.25, 0.3) is 5.89 Å². The number of likely N-dealkylation sites (tertiary alicyclic amines) is 1. The number of hydrogen-bond acceptors (Lipinski definition) is 5. The average Bonchev–Trinajstić information content (AvgIpc) is 3.52. The molecule has 0 aliphatic carbocycles. The predicted molar refractivity (Wildman–Crippen MR) is 114 cm³/mol. The lowest BCUT2D eigenvalue weighted by Crippen LogP contribution is -2.28. The minimum atomic E-state index is 0.224. The number of imidazole rings is 1. The summed E-state index contributed by atoms with van der Waals surface area (Å²) in [7, 11) is 0. The average molecular weight is 401 g/mol. The molecule has 30 heavy (non-hydrogen) atoms. The third kappa shape index (κ3) is 3.58. The highest BCUT2D eigenvalue weighted by molar-refractivity contribution is 5.81. The molecule has 152 valence electrons. The fraction of sp³-hybridized carbons (Fsp3) is 0.304. The Morgan fingerprint density at radius 1 is 1.10 bits per heavy atom. The maximum Gasteiger partial charge on any atom is 0.258 e. The molecule has 1 aliphatic rings. The van der Waals surface area contributed by atoms with E-state index < -0.39 is 0 Å². The van der Waals surface area contributed by atoms with Crippen LogP contribution in [0, 0.1) is 6.92 Å². The molecule has 7 heteroatoms. The Labute approximate surface area is 174 Å². The van der Waals surface area contributed by atoms with Crippen LogP contribution in [0.3, 0.4) is 0 Å². The zero-order chi connectivity index (χ0) is 20.5. The van der Waals surface area contributed by atoms with E-state index in [0.717, 1.165) is 53.7 Å². The molecule has 0 N–H and O–H groups in total. The fourth-order valence-electron chi connectivity index (χ4n) is 3.96. The van der Waals surface area contributed by atoms with Crippen LogP contribution in [-0.4, -0.2) is 43.6 Å². The highest BCUT2D eigenvalue weighted by Crippen LogP contribution is 2.25. The molecule has 5 rings (SSSR count). The standard InChI is InChI=1S/C23H23N5O2/c1-16-5-4-6-18(13-16)23-25-22(26-30-23)17-7-8-20-19(14-17)24-15-28(20)12-9-21(29)27-10-2-3-11-27/h4-8,13-15H,2-3,9-12H2,1H3. The van der Waals surface area contributed by atoms with E-state index in [1.807, 2.05) is 58.9 Å². The highest BCUT2D eigenvalue weighted by atomic mass is 16.5. The van der Waals surface area contributed by atoms with Crippen LogP contribution in [0.15, 0.2) is 53.3 Å². The third-order valence-corrected chi connectivity index (χ3v) is 5.60. The summed E-state index contributed by atoms with van der Waals surface area (Å²) in [4.78, 5) is 23.3. The number of carbonyl (C=O) groups excluding carboxylic acids is 1. The number of aromatic nitrogens is 4. The van der Waals surface area contributed by atoms with E-state index in [-0.39, 0.29) is 5.91 Å². The van der Waals surface area contributed by atoms with Gasteiger partial charge in [0.15, 0.2) is 0 Å². The monoisotopic (exact) mass is 401 g/mol. The lowest BCUT2D eigenvalue weighted by Gasteiger charge is -2.15. The van der Waals surface area contributed by atoms with Crippen molar-refractivity contribution in [3.63, 3.8) is 0 Å². The van der Waals surface area contributed by atoms with Crippen LogP contribution in [0.5, 0.6) is 0 Å². The van der Waals surface area contributed by atoms with Crippen LogP contribution < -0.4 is 0 Å². The largest absolute Gasteiger partial charge is 0.343 e. The van der Waals surface area contributed by atoms with E-state index in [2.05, 4.69) is 15.1 Å². The maximum atomic E-state index is 12.3. The smallest absolute Gasteiger partial charge is 0.258 e. The van der Waals surface area contributed by atoms with Crippen LogP contribution in [0.1, 0.15) is 24.8 Å². The van der Waals surface area contributed by atoms with Crippen molar-refractivity contribution in [2.75, 3.05) is 13.1 Å². The Morgan fingerprint density at radius 2 is 1.97 bits per heavy atom. The molecule has 0 unspecified atom stereocenters. The van der Waals surface area contributed by atoms with Crippen LogP contribution in [0.2, 0.25) is 0 Å². The summed E-state index contributed by atoms with van der Waals surface area (Å²) < 4.78 is 7.49. The Balaban J connectivity index is 1.34. The first-order valence-corrected chi connectivity index (χ1v) is 10.3. The van der Waals surface area contributed by atoms with Crippen molar-refractivity contribution >= 4 is 16.9 Å². The van der Waals surface area contributed by atoms with Gasteiger partial charge in [-0.25, -0.2) is 4.98 Å². The van der Waals surface area contributed by atoms with Crippen molar-refractivity contribution in [3.05, 3.63) is 54.4 Å². The van der Waals surface area contributed by atoms with Gasteiger partial charge in [0.05, 0.1) is 17.4 Å². The summed E-state index contributed by atoms with van der Waals surface area (Å²) >= 11 is 0. The number of nitrogens with zero attached hydrogens (tertiary/aromatic N) is 5. The molecule has 0 bridgehead atoms. The van der Waals surface area contributed by atoms with Crippen molar-refractivity contribution in [2.24, 2.45) is 0 Å². The molecule has 0 saturated carbocycles. The molecule has 1 fully saturated rings. The molecule has 2 aromatic heterocycles. The van der Waals surface area contributed by atoms with E-state index in [1.54, 1.807) is 6.33 Å². The molecular formula is C23H23N5O2. The molecule has 1 saturated heterocycles. The van der Waals surface area contributed by atoms with E-state index in [1.165, 1.54) is 0 Å². The van der Waals surface area contributed by atoms with Crippen molar-refractivity contribution in [1.29, 1.82) is 0 Å². The van der Waals surface area contributed by atoms with Crippen LogP contribution >= 0.6 is 0 Å². The maximum absolute atomic E-state index is 12.3. The second-order valence-corrected chi connectivity index (χ2v) is 7.77. The lowest BCUT2D eigenvalue weighted by molar-refractivity contribution is -0.130. The van der Waals surface area contributed by atoms with Gasteiger partial charge in [-0.1, -0.05) is 22.9 Å². The van der Waals surface area contributed by atoms with E-state index in [0.29, 0.717) is 24.7 Å². The molecule has 3 heterocycles. The Kier molecular flexibility index (Phi) is 4.78. The third-order valence-electron chi connectivity index (χ3n) is 5.60. The van der Waals surface area contributed by atoms with E-state index in [9.17, 15) is 4.79 Å². The van der Waals surface area contributed by atoms with Crippen molar-refractivity contribution in [1.82, 2.24) is 24.6 Å². The number of fused-ring (bicyclic) bond motifs is 1. The quantitative estimate of drug-likeness (QED) is 0.504. The zero-order valence-electron chi connectivity index (χ0n) is 16.9. The number of hydrogen-bond donors (Lipinski definition) is 0. The highest BCUT2D eigenvalue weighted by Gasteiger charge is 2.18. The van der Waals surface area contributed by atoms with Gasteiger partial charge in [-0.3, -0.25) is 4.79 Å². The number of aryl methyl sites for hydroxylation is 2. The minimum Gasteiger partial charge on any atom is -0.343 e. The second-order valence-electron chi connectivity index (χ2n) is 7.77. The Morgan fingerprint density at radius 3 is 2.80 bits per heavy atom. The summed E-state index contributed by atoms with van der Waals surface area (Å²) in [5, 5.41) is 4.14. The second kappa shape index (κ2) is 7.74. The molecule has 7 nitrogen and oxygen atoms in total. The van der Waals surface area contributed by atoms with Gasteiger partial charge < -0.3 is 14.0 Å². The molecule has 1 amide bonds. The minimum absolute atomic E-state index is 0.224.